The van der Waals surface area contributed by atoms with Gasteiger partial charge in [-0.25, -0.2) is 4.79 Å². The SMILES string of the molecule is CC(C)(C)C(=O)N[C@@](CC(N)=O)(Cc1ccc(O)cc1)C(=O)O. The number of phenolic OH excluding ortho intramolecular Hbond substituents is 1. The van der Waals surface area contributed by atoms with Gasteiger partial charge in [-0.2, -0.15) is 0 Å². The Morgan fingerprint density at radius 1 is 1.13 bits per heavy atom. The number of nitrogens with one attached hydrogen (secondary N) is 1. The van der Waals surface area contributed by atoms with Crippen LogP contribution in [0.1, 0.15) is 32.8 Å². The molecule has 1 aromatic rings. The summed E-state index contributed by atoms with van der Waals surface area (Å²) >= 11 is 0. The highest BCUT2D eigenvalue weighted by Crippen LogP contribution is 2.23. The van der Waals surface area contributed by atoms with Gasteiger partial charge in [0.05, 0.1) is 6.42 Å². The third-order valence-corrected chi connectivity index (χ3v) is 3.36. The fourth-order valence-corrected chi connectivity index (χ4v) is 2.02. The third kappa shape index (κ3) is 4.98. The lowest BCUT2D eigenvalue weighted by Gasteiger charge is -2.32. The van der Waals surface area contributed by atoms with Crippen molar-refractivity contribution in [2.75, 3.05) is 0 Å². The van der Waals surface area contributed by atoms with E-state index < -0.39 is 35.2 Å². The highest BCUT2D eigenvalue weighted by atomic mass is 16.4. The Labute approximate surface area is 134 Å². The van der Waals surface area contributed by atoms with Crippen molar-refractivity contribution in [1.29, 1.82) is 0 Å². The van der Waals surface area contributed by atoms with Gasteiger partial charge in [0.2, 0.25) is 11.8 Å². The highest BCUT2D eigenvalue weighted by Gasteiger charge is 2.43. The van der Waals surface area contributed by atoms with E-state index in [1.54, 1.807) is 20.8 Å². The number of carbonyl (C=O) groups excluding carboxylic acids is 2. The van der Waals surface area contributed by atoms with E-state index in [0.29, 0.717) is 5.56 Å². The standard InChI is InChI=1S/C16H22N2O5/c1-15(2,3)13(21)18-16(14(22)23,9-12(17)20)8-10-4-6-11(19)7-5-10/h4-7,19H,8-9H2,1-3H3,(H2,17,20)(H,18,21)(H,22,23)/t16-/m1/s1. The molecule has 1 aromatic carbocycles. The molecule has 0 fully saturated rings. The second-order valence-corrected chi connectivity index (χ2v) is 6.58. The van der Waals surface area contributed by atoms with Crippen LogP contribution in [-0.2, 0) is 20.8 Å². The molecule has 23 heavy (non-hydrogen) atoms. The normalized spacial score (nSPS) is 13.9. The van der Waals surface area contributed by atoms with E-state index in [0.717, 1.165) is 0 Å². The molecule has 0 aliphatic rings. The molecule has 0 saturated carbocycles. The van der Waals surface area contributed by atoms with Gasteiger partial charge in [-0.1, -0.05) is 32.9 Å². The van der Waals surface area contributed by atoms with E-state index in [9.17, 15) is 24.6 Å². The van der Waals surface area contributed by atoms with Crippen LogP contribution in [0.2, 0.25) is 0 Å². The van der Waals surface area contributed by atoms with Crippen LogP contribution in [0.3, 0.4) is 0 Å². The molecule has 1 atom stereocenters. The van der Waals surface area contributed by atoms with Crippen molar-refractivity contribution in [3.8, 4) is 5.75 Å². The Hall–Kier alpha value is -2.57. The molecule has 0 bridgehead atoms. The van der Waals surface area contributed by atoms with Crippen LogP contribution in [0.4, 0.5) is 0 Å². The van der Waals surface area contributed by atoms with Crippen molar-refractivity contribution in [1.82, 2.24) is 5.32 Å². The van der Waals surface area contributed by atoms with Crippen LogP contribution < -0.4 is 11.1 Å². The summed E-state index contributed by atoms with van der Waals surface area (Å²) < 4.78 is 0. The summed E-state index contributed by atoms with van der Waals surface area (Å²) in [6, 6.07) is 5.85. The van der Waals surface area contributed by atoms with Crippen molar-refractivity contribution < 1.29 is 24.6 Å². The zero-order valence-electron chi connectivity index (χ0n) is 13.4. The van der Waals surface area contributed by atoms with Gasteiger partial charge in [-0.3, -0.25) is 9.59 Å². The summed E-state index contributed by atoms with van der Waals surface area (Å²) in [5.41, 5.74) is 3.06. The fraction of sp³-hybridized carbons (Fsp3) is 0.438. The fourth-order valence-electron chi connectivity index (χ4n) is 2.02. The summed E-state index contributed by atoms with van der Waals surface area (Å²) in [5.74, 6) is -2.65. The molecular formula is C16H22N2O5. The molecule has 1 rings (SSSR count). The number of aliphatic carboxylic acids is 1. The van der Waals surface area contributed by atoms with Crippen LogP contribution in [0.25, 0.3) is 0 Å². The summed E-state index contributed by atoms with van der Waals surface area (Å²) in [5, 5.41) is 21.4. The first-order chi connectivity index (χ1) is 10.5. The molecule has 0 saturated heterocycles. The van der Waals surface area contributed by atoms with E-state index in [-0.39, 0.29) is 12.2 Å². The minimum absolute atomic E-state index is 0.0308. The Morgan fingerprint density at radius 2 is 1.65 bits per heavy atom. The van der Waals surface area contributed by atoms with Gasteiger partial charge in [0.25, 0.3) is 0 Å². The van der Waals surface area contributed by atoms with E-state index in [1.807, 2.05) is 0 Å². The molecule has 7 heteroatoms. The third-order valence-electron chi connectivity index (χ3n) is 3.36. The molecular weight excluding hydrogens is 300 g/mol. The van der Waals surface area contributed by atoms with Gasteiger partial charge in [0.15, 0.2) is 5.54 Å². The molecule has 0 radical (unpaired) electrons. The van der Waals surface area contributed by atoms with Crippen LogP contribution in [0, 0.1) is 5.41 Å². The maximum Gasteiger partial charge on any atom is 0.330 e. The molecule has 126 valence electrons. The Balaban J connectivity index is 3.22. The summed E-state index contributed by atoms with van der Waals surface area (Å²) in [6.45, 7) is 4.92. The predicted octanol–water partition coefficient (Wildman–Crippen LogP) is 0.796. The zero-order valence-corrected chi connectivity index (χ0v) is 13.4. The van der Waals surface area contributed by atoms with Crippen molar-refractivity contribution >= 4 is 17.8 Å². The zero-order chi connectivity index (χ0) is 17.8. The smallest absolute Gasteiger partial charge is 0.330 e. The maximum atomic E-state index is 12.2. The number of benzene rings is 1. The molecule has 2 amide bonds. The molecule has 0 spiro atoms. The quantitative estimate of drug-likeness (QED) is 0.615. The average molecular weight is 322 g/mol. The number of carboxylic acids is 1. The number of carbonyl (C=O) groups is 3. The van der Waals surface area contributed by atoms with Gasteiger partial charge in [0, 0.05) is 11.8 Å². The number of phenols is 1. The van der Waals surface area contributed by atoms with Gasteiger partial charge in [-0.05, 0) is 17.7 Å². The van der Waals surface area contributed by atoms with Crippen LogP contribution >= 0.6 is 0 Å². The average Bonchev–Trinajstić information content (AvgIpc) is 2.39. The monoisotopic (exact) mass is 322 g/mol. The first kappa shape index (κ1) is 18.5. The summed E-state index contributed by atoms with van der Waals surface area (Å²) in [4.78, 5) is 35.4. The Morgan fingerprint density at radius 3 is 2.04 bits per heavy atom. The lowest BCUT2D eigenvalue weighted by atomic mass is 9.85. The number of primary amides is 1. The number of carboxylic acid groups (broad SMARTS) is 1. The molecule has 5 N–H and O–H groups in total. The van der Waals surface area contributed by atoms with Crippen LogP contribution in [0.15, 0.2) is 24.3 Å². The van der Waals surface area contributed by atoms with E-state index >= 15 is 0 Å². The van der Waals surface area contributed by atoms with Gasteiger partial charge < -0.3 is 21.3 Å². The molecule has 0 aliphatic heterocycles. The molecule has 0 aromatic heterocycles. The maximum absolute atomic E-state index is 12.2. The topological polar surface area (TPSA) is 130 Å². The Kier molecular flexibility index (Phi) is 5.37. The number of rotatable bonds is 6. The number of amides is 2. The van der Waals surface area contributed by atoms with Crippen LogP contribution in [-0.4, -0.2) is 33.5 Å². The van der Waals surface area contributed by atoms with Crippen molar-refractivity contribution in [3.05, 3.63) is 29.8 Å². The van der Waals surface area contributed by atoms with Gasteiger partial charge in [0.1, 0.15) is 5.75 Å². The largest absolute Gasteiger partial charge is 0.508 e. The van der Waals surface area contributed by atoms with Crippen LogP contribution in [0.5, 0.6) is 5.75 Å². The van der Waals surface area contributed by atoms with E-state index in [4.69, 9.17) is 5.73 Å². The van der Waals surface area contributed by atoms with Crippen molar-refractivity contribution in [2.24, 2.45) is 11.1 Å². The highest BCUT2D eigenvalue weighted by molar-refractivity contribution is 5.93. The van der Waals surface area contributed by atoms with Gasteiger partial charge in [-0.15, -0.1) is 0 Å². The van der Waals surface area contributed by atoms with E-state index in [1.165, 1.54) is 24.3 Å². The summed E-state index contributed by atoms with van der Waals surface area (Å²) in [6.07, 6.45) is -0.668. The minimum Gasteiger partial charge on any atom is -0.508 e. The minimum atomic E-state index is -1.84. The van der Waals surface area contributed by atoms with Crippen molar-refractivity contribution in [3.63, 3.8) is 0 Å². The predicted molar refractivity (Wildman–Crippen MR) is 83.6 cm³/mol. The second-order valence-electron chi connectivity index (χ2n) is 6.58. The molecule has 0 unspecified atom stereocenters. The lowest BCUT2D eigenvalue weighted by molar-refractivity contribution is -0.151. The molecule has 0 aliphatic carbocycles. The lowest BCUT2D eigenvalue weighted by Crippen LogP contribution is -2.60. The molecule has 0 heterocycles. The Bertz CT molecular complexity index is 604. The number of nitrogens with two attached hydrogens (primary N) is 1. The molecule has 7 nitrogen and oxygen atoms in total. The first-order valence-electron chi connectivity index (χ1n) is 7.08. The number of aromatic hydroxyl groups is 1. The number of hydrogen-bond acceptors (Lipinski definition) is 4. The second kappa shape index (κ2) is 6.68. The van der Waals surface area contributed by atoms with E-state index in [2.05, 4.69) is 5.32 Å². The number of hydrogen-bond donors (Lipinski definition) is 4. The van der Waals surface area contributed by atoms with Crippen molar-refractivity contribution in [2.45, 2.75) is 39.2 Å². The first-order valence-corrected chi connectivity index (χ1v) is 7.08. The summed E-state index contributed by atoms with van der Waals surface area (Å²) in [7, 11) is 0. The van der Waals surface area contributed by atoms with Gasteiger partial charge >= 0.3 is 5.97 Å².